The molecular weight excluding hydrogens is 268 g/mol. The van der Waals surface area contributed by atoms with E-state index in [-0.39, 0.29) is 11.6 Å². The molecule has 0 radical (unpaired) electrons. The van der Waals surface area contributed by atoms with Gasteiger partial charge in [0.15, 0.2) is 0 Å². The van der Waals surface area contributed by atoms with Crippen LogP contribution in [0.3, 0.4) is 0 Å². The summed E-state index contributed by atoms with van der Waals surface area (Å²) in [5, 5.41) is 2.84. The quantitative estimate of drug-likeness (QED) is 0.797. The number of pyridine rings is 2. The zero-order valence-electron chi connectivity index (χ0n) is 11.1. The minimum Gasteiger partial charge on any atom is -0.364 e. The largest absolute Gasteiger partial charge is 0.364 e. The summed E-state index contributed by atoms with van der Waals surface area (Å²) in [6, 6.07) is 5.44. The van der Waals surface area contributed by atoms with Crippen LogP contribution in [-0.4, -0.2) is 21.8 Å². The molecule has 2 aliphatic rings. The molecule has 2 aromatic rings. The van der Waals surface area contributed by atoms with Gasteiger partial charge in [-0.15, -0.1) is 0 Å². The Labute approximate surface area is 120 Å². The van der Waals surface area contributed by atoms with Gasteiger partial charge < -0.3 is 11.1 Å². The lowest BCUT2D eigenvalue weighted by Crippen LogP contribution is -2.35. The van der Waals surface area contributed by atoms with Crippen molar-refractivity contribution in [3.8, 4) is 0 Å². The maximum atomic E-state index is 12.5. The number of hydrogen-bond donors (Lipinski definition) is 2. The van der Waals surface area contributed by atoms with Crippen molar-refractivity contribution in [1.29, 1.82) is 0 Å². The summed E-state index contributed by atoms with van der Waals surface area (Å²) >= 11 is 0. The van der Waals surface area contributed by atoms with E-state index in [0.717, 1.165) is 16.7 Å². The SMILES string of the molecule is NC(=O)c1cc2c(cn1)CC1(C2)C(=O)Nc2ncccc21. The molecule has 1 atom stereocenters. The van der Waals surface area contributed by atoms with Crippen LogP contribution in [-0.2, 0) is 23.1 Å². The molecule has 104 valence electrons. The van der Waals surface area contributed by atoms with Crippen molar-refractivity contribution in [1.82, 2.24) is 9.97 Å². The third-order valence-electron chi connectivity index (χ3n) is 4.31. The zero-order valence-corrected chi connectivity index (χ0v) is 11.1. The van der Waals surface area contributed by atoms with Crippen LogP contribution in [0.2, 0.25) is 0 Å². The van der Waals surface area contributed by atoms with Gasteiger partial charge >= 0.3 is 0 Å². The second-order valence-corrected chi connectivity index (χ2v) is 5.49. The van der Waals surface area contributed by atoms with Gasteiger partial charge in [-0.2, -0.15) is 0 Å². The molecule has 1 aliphatic carbocycles. The third kappa shape index (κ3) is 1.53. The first-order chi connectivity index (χ1) is 10.1. The summed E-state index contributed by atoms with van der Waals surface area (Å²) < 4.78 is 0. The second-order valence-electron chi connectivity index (χ2n) is 5.49. The molecule has 0 aromatic carbocycles. The molecule has 6 heteroatoms. The van der Waals surface area contributed by atoms with E-state index in [1.165, 1.54) is 0 Å². The van der Waals surface area contributed by atoms with Crippen molar-refractivity contribution in [3.63, 3.8) is 0 Å². The molecule has 1 spiro atoms. The van der Waals surface area contributed by atoms with E-state index in [1.807, 2.05) is 12.1 Å². The molecular formula is C15H12N4O2. The van der Waals surface area contributed by atoms with Gasteiger partial charge in [-0.25, -0.2) is 4.98 Å². The molecule has 3 N–H and O–H groups in total. The second kappa shape index (κ2) is 3.88. The average molecular weight is 280 g/mol. The van der Waals surface area contributed by atoms with E-state index < -0.39 is 11.3 Å². The Kier molecular flexibility index (Phi) is 2.22. The van der Waals surface area contributed by atoms with Crippen LogP contribution in [0.25, 0.3) is 0 Å². The van der Waals surface area contributed by atoms with Crippen LogP contribution in [0, 0.1) is 0 Å². The number of nitrogens with two attached hydrogens (primary N) is 1. The Hall–Kier alpha value is -2.76. The molecule has 0 bridgehead atoms. The van der Waals surface area contributed by atoms with E-state index in [4.69, 9.17) is 5.73 Å². The van der Waals surface area contributed by atoms with Gasteiger partial charge in [0.25, 0.3) is 5.91 Å². The molecule has 1 unspecified atom stereocenters. The van der Waals surface area contributed by atoms with Crippen LogP contribution in [0.4, 0.5) is 5.82 Å². The Morgan fingerprint density at radius 2 is 2.10 bits per heavy atom. The Bertz CT molecular complexity index is 802. The molecule has 0 saturated carbocycles. The predicted molar refractivity (Wildman–Crippen MR) is 74.7 cm³/mol. The third-order valence-corrected chi connectivity index (χ3v) is 4.31. The number of hydrogen-bond acceptors (Lipinski definition) is 4. The maximum Gasteiger partial charge on any atom is 0.267 e. The highest BCUT2D eigenvalue weighted by Gasteiger charge is 2.51. The molecule has 21 heavy (non-hydrogen) atoms. The topological polar surface area (TPSA) is 98.0 Å². The monoisotopic (exact) mass is 280 g/mol. The predicted octanol–water partition coefficient (Wildman–Crippen LogP) is 0.564. The first kappa shape index (κ1) is 12.0. The summed E-state index contributed by atoms with van der Waals surface area (Å²) in [7, 11) is 0. The highest BCUT2D eigenvalue weighted by Crippen LogP contribution is 2.46. The van der Waals surface area contributed by atoms with E-state index in [2.05, 4.69) is 15.3 Å². The summed E-state index contributed by atoms with van der Waals surface area (Å²) in [5.41, 5.74) is 7.70. The van der Waals surface area contributed by atoms with Gasteiger partial charge in [-0.05, 0) is 36.1 Å². The number of primary amides is 1. The number of nitrogens with one attached hydrogen (secondary N) is 1. The van der Waals surface area contributed by atoms with E-state index in [9.17, 15) is 9.59 Å². The van der Waals surface area contributed by atoms with Gasteiger partial charge in [-0.1, -0.05) is 6.07 Å². The van der Waals surface area contributed by atoms with Crippen molar-refractivity contribution in [3.05, 3.63) is 53.0 Å². The number of rotatable bonds is 1. The van der Waals surface area contributed by atoms with Gasteiger partial charge in [0.1, 0.15) is 11.5 Å². The number of fused-ring (bicyclic) bond motifs is 3. The summed E-state index contributed by atoms with van der Waals surface area (Å²) in [4.78, 5) is 32.0. The lowest BCUT2D eigenvalue weighted by molar-refractivity contribution is -0.120. The van der Waals surface area contributed by atoms with Crippen LogP contribution >= 0.6 is 0 Å². The molecule has 2 amide bonds. The highest BCUT2D eigenvalue weighted by atomic mass is 16.2. The fourth-order valence-corrected chi connectivity index (χ4v) is 3.29. The van der Waals surface area contributed by atoms with Gasteiger partial charge in [0.2, 0.25) is 5.91 Å². The summed E-state index contributed by atoms with van der Waals surface area (Å²) in [6.07, 6.45) is 4.41. The standard InChI is InChI=1S/C15H12N4O2/c16-12(20)11-4-8-5-15(6-9(8)7-18-11)10-2-1-3-17-13(10)19-14(15)21/h1-4,7H,5-6H2,(H2,16,20)(H,17,19,21). The van der Waals surface area contributed by atoms with Crippen molar-refractivity contribution < 1.29 is 9.59 Å². The first-order valence-corrected chi connectivity index (χ1v) is 6.65. The molecule has 1 aliphatic heterocycles. The number of aromatic nitrogens is 2. The number of carbonyl (C=O) groups is 2. The van der Waals surface area contributed by atoms with Gasteiger partial charge in [0.05, 0.1) is 5.41 Å². The molecule has 6 nitrogen and oxygen atoms in total. The fraction of sp³-hybridized carbons (Fsp3) is 0.200. The Balaban J connectivity index is 1.83. The summed E-state index contributed by atoms with van der Waals surface area (Å²) in [5.74, 6) is 0.0168. The van der Waals surface area contributed by atoms with Crippen molar-refractivity contribution in [2.75, 3.05) is 5.32 Å². The Morgan fingerprint density at radius 3 is 2.90 bits per heavy atom. The minimum absolute atomic E-state index is 0.0481. The van der Waals surface area contributed by atoms with E-state index in [0.29, 0.717) is 18.7 Å². The van der Waals surface area contributed by atoms with Crippen LogP contribution in [0.5, 0.6) is 0 Å². The van der Waals surface area contributed by atoms with Gasteiger partial charge in [-0.3, -0.25) is 14.6 Å². The minimum atomic E-state index is -0.635. The van der Waals surface area contributed by atoms with Crippen LogP contribution < -0.4 is 11.1 Å². The number of nitrogens with zero attached hydrogens (tertiary/aromatic N) is 2. The molecule has 4 rings (SSSR count). The van der Waals surface area contributed by atoms with Crippen LogP contribution in [0.15, 0.2) is 30.6 Å². The lowest BCUT2D eigenvalue weighted by atomic mass is 9.79. The average Bonchev–Trinajstić information content (AvgIpc) is 2.98. The van der Waals surface area contributed by atoms with Crippen molar-refractivity contribution >= 4 is 17.6 Å². The summed E-state index contributed by atoms with van der Waals surface area (Å²) in [6.45, 7) is 0. The molecule has 0 fully saturated rings. The van der Waals surface area contributed by atoms with E-state index in [1.54, 1.807) is 18.5 Å². The number of amides is 2. The first-order valence-electron chi connectivity index (χ1n) is 6.65. The van der Waals surface area contributed by atoms with Crippen molar-refractivity contribution in [2.45, 2.75) is 18.3 Å². The molecule has 0 saturated heterocycles. The maximum absolute atomic E-state index is 12.5. The van der Waals surface area contributed by atoms with Crippen LogP contribution in [0.1, 0.15) is 27.2 Å². The lowest BCUT2D eigenvalue weighted by Gasteiger charge is -2.20. The zero-order chi connectivity index (χ0) is 14.6. The molecule has 2 aromatic heterocycles. The van der Waals surface area contributed by atoms with E-state index >= 15 is 0 Å². The Morgan fingerprint density at radius 1 is 1.29 bits per heavy atom. The highest BCUT2D eigenvalue weighted by molar-refractivity contribution is 6.06. The smallest absolute Gasteiger partial charge is 0.267 e. The van der Waals surface area contributed by atoms with Gasteiger partial charge in [0, 0.05) is 18.0 Å². The molecule has 3 heterocycles. The fourth-order valence-electron chi connectivity index (χ4n) is 3.29. The normalized spacial score (nSPS) is 22.0. The number of carbonyl (C=O) groups excluding carboxylic acids is 2. The van der Waals surface area contributed by atoms with Crippen molar-refractivity contribution in [2.24, 2.45) is 5.73 Å². The number of anilines is 1.